The van der Waals surface area contributed by atoms with Crippen LogP contribution in [0, 0.1) is 5.82 Å². The molecule has 0 spiro atoms. The molecule has 1 fully saturated rings. The quantitative estimate of drug-likeness (QED) is 0.393. The highest BCUT2D eigenvalue weighted by Gasteiger charge is 2.21. The summed E-state index contributed by atoms with van der Waals surface area (Å²) >= 11 is 8.37. The smallest absolute Gasteiger partial charge is 0.338 e. The van der Waals surface area contributed by atoms with Crippen molar-refractivity contribution in [2.24, 2.45) is 0 Å². The van der Waals surface area contributed by atoms with Gasteiger partial charge in [-0.3, -0.25) is 0 Å². The summed E-state index contributed by atoms with van der Waals surface area (Å²) in [6, 6.07) is 18.1. The molecule has 0 bridgehead atoms. The summed E-state index contributed by atoms with van der Waals surface area (Å²) < 4.78 is 13.8. The third-order valence-corrected chi connectivity index (χ3v) is 8.03. The van der Waals surface area contributed by atoms with Crippen LogP contribution in [-0.4, -0.2) is 23.8 Å². The summed E-state index contributed by atoms with van der Waals surface area (Å²) in [5.41, 5.74) is 3.08. The van der Waals surface area contributed by atoms with Gasteiger partial charge in [-0.25, -0.2) is 9.18 Å². The van der Waals surface area contributed by atoms with Crippen molar-refractivity contribution in [2.75, 3.05) is 17.6 Å². The maximum absolute atomic E-state index is 13.8. The molecule has 3 nitrogen and oxygen atoms in total. The molecular formula is C24H22ClFNO2PS. The zero-order chi connectivity index (χ0) is 21.8. The van der Waals surface area contributed by atoms with E-state index in [1.165, 1.54) is 31.4 Å². The first kappa shape index (κ1) is 22.1. The van der Waals surface area contributed by atoms with Crippen molar-refractivity contribution >= 4 is 48.1 Å². The molecule has 3 aromatic rings. The zero-order valence-corrected chi connectivity index (χ0v) is 19.3. The zero-order valence-electron chi connectivity index (χ0n) is 16.8. The van der Waals surface area contributed by atoms with Gasteiger partial charge in [0.25, 0.3) is 0 Å². The fourth-order valence-electron chi connectivity index (χ4n) is 3.20. The second-order valence-electron chi connectivity index (χ2n) is 7.34. The number of aromatic carboxylic acids is 1. The number of para-hydroxylation sites is 1. The fraction of sp³-hybridized carbons (Fsp3) is 0.208. The molecule has 0 radical (unpaired) electrons. The minimum atomic E-state index is -1.30. The van der Waals surface area contributed by atoms with Gasteiger partial charge in [0, 0.05) is 22.7 Å². The molecular weight excluding hydrogens is 452 g/mol. The maximum atomic E-state index is 13.8. The van der Waals surface area contributed by atoms with Crippen LogP contribution in [0.4, 0.5) is 15.8 Å². The van der Waals surface area contributed by atoms with Gasteiger partial charge >= 0.3 is 5.97 Å². The Morgan fingerprint density at radius 2 is 1.81 bits per heavy atom. The topological polar surface area (TPSA) is 40.5 Å². The van der Waals surface area contributed by atoms with E-state index >= 15 is 0 Å². The van der Waals surface area contributed by atoms with Gasteiger partial charge in [0.2, 0.25) is 0 Å². The lowest BCUT2D eigenvalue weighted by Crippen LogP contribution is -2.19. The van der Waals surface area contributed by atoms with Crippen molar-refractivity contribution in [3.8, 4) is 11.1 Å². The summed E-state index contributed by atoms with van der Waals surface area (Å²) in [6.07, 6.45) is 5.56. The summed E-state index contributed by atoms with van der Waals surface area (Å²) in [5.74, 6) is -2.05. The van der Waals surface area contributed by atoms with Gasteiger partial charge < -0.3 is 10.0 Å². The van der Waals surface area contributed by atoms with E-state index in [1.807, 2.05) is 30.3 Å². The molecule has 1 aliphatic heterocycles. The van der Waals surface area contributed by atoms with Crippen molar-refractivity contribution in [3.63, 3.8) is 0 Å². The van der Waals surface area contributed by atoms with Gasteiger partial charge in [0.15, 0.2) is 0 Å². The summed E-state index contributed by atoms with van der Waals surface area (Å²) in [5, 5.41) is 9.72. The number of rotatable bonds is 3. The number of hydrogen-bond acceptors (Lipinski definition) is 3. The lowest BCUT2D eigenvalue weighted by atomic mass is 10.0. The van der Waals surface area contributed by atoms with Gasteiger partial charge in [0.1, 0.15) is 5.82 Å². The van der Waals surface area contributed by atoms with Crippen LogP contribution in [0.5, 0.6) is 0 Å². The van der Waals surface area contributed by atoms with E-state index < -0.39 is 11.8 Å². The number of carbonyl (C=O) groups is 1. The largest absolute Gasteiger partial charge is 0.478 e. The maximum Gasteiger partial charge on any atom is 0.338 e. The second-order valence-corrected chi connectivity index (χ2v) is 10.7. The molecule has 1 saturated carbocycles. The molecule has 0 amide bonds. The van der Waals surface area contributed by atoms with Gasteiger partial charge in [-0.1, -0.05) is 74.3 Å². The number of hydrogen-bond donors (Lipinski definition) is 1. The highest BCUT2D eigenvalue weighted by atomic mass is 35.5. The van der Waals surface area contributed by atoms with Gasteiger partial charge in [0.05, 0.1) is 16.3 Å². The first-order valence-electron chi connectivity index (χ1n) is 10.1. The fourth-order valence-corrected chi connectivity index (χ4v) is 6.02. The molecule has 1 aliphatic carbocycles. The van der Waals surface area contributed by atoms with Crippen LogP contribution >= 0.6 is 30.8 Å². The van der Waals surface area contributed by atoms with E-state index in [0.717, 1.165) is 29.0 Å². The van der Waals surface area contributed by atoms with Crippen LogP contribution < -0.4 is 4.90 Å². The monoisotopic (exact) mass is 473 g/mol. The van der Waals surface area contributed by atoms with Crippen LogP contribution in [0.2, 0.25) is 5.02 Å². The Morgan fingerprint density at radius 3 is 2.48 bits per heavy atom. The minimum absolute atomic E-state index is 0.357. The second kappa shape index (κ2) is 10.0. The Bertz CT molecular complexity index is 1090. The number of benzene rings is 3. The molecule has 2 aliphatic rings. The molecule has 3 aromatic carbocycles. The van der Waals surface area contributed by atoms with Crippen LogP contribution in [-0.2, 0) is 0 Å². The molecule has 1 heterocycles. The van der Waals surface area contributed by atoms with E-state index in [2.05, 4.69) is 17.0 Å². The molecule has 1 N–H and O–H groups in total. The molecule has 7 heteroatoms. The summed E-state index contributed by atoms with van der Waals surface area (Å²) in [6.45, 7) is 0.901. The Kier molecular flexibility index (Phi) is 7.16. The van der Waals surface area contributed by atoms with Crippen molar-refractivity contribution in [1.29, 1.82) is 0 Å². The molecule has 1 unspecified atom stereocenters. The summed E-state index contributed by atoms with van der Waals surface area (Å²) in [4.78, 5) is 14.6. The molecule has 5 rings (SSSR count). The Labute approximate surface area is 192 Å². The minimum Gasteiger partial charge on any atom is -0.478 e. The average Bonchev–Trinajstić information content (AvgIpc) is 3.65. The Balaban J connectivity index is 0.000000710. The first-order chi connectivity index (χ1) is 15.0. The van der Waals surface area contributed by atoms with Gasteiger partial charge in [-0.15, -0.1) is 0 Å². The lowest BCUT2D eigenvalue weighted by Gasteiger charge is -2.25. The Hall–Kier alpha value is -2.07. The highest BCUT2D eigenvalue weighted by Crippen LogP contribution is 2.49. The van der Waals surface area contributed by atoms with E-state index in [0.29, 0.717) is 23.9 Å². The van der Waals surface area contributed by atoms with Crippen molar-refractivity contribution in [2.45, 2.75) is 24.2 Å². The predicted molar refractivity (Wildman–Crippen MR) is 130 cm³/mol. The molecule has 31 heavy (non-hydrogen) atoms. The molecule has 1 atom stereocenters. The Morgan fingerprint density at radius 1 is 1.06 bits per heavy atom. The first-order valence-corrected chi connectivity index (χ1v) is 13.3. The van der Waals surface area contributed by atoms with Gasteiger partial charge in [-0.2, -0.15) is 0 Å². The van der Waals surface area contributed by atoms with E-state index in [-0.39, 0.29) is 5.56 Å². The van der Waals surface area contributed by atoms with Crippen molar-refractivity contribution in [1.82, 2.24) is 0 Å². The molecule has 0 aromatic heterocycles. The molecule has 160 valence electrons. The number of anilines is 2. The number of nitrogens with zero attached hydrogens (tertiary/aromatic N) is 1. The molecule has 0 saturated heterocycles. The van der Waals surface area contributed by atoms with E-state index in [4.69, 9.17) is 11.6 Å². The lowest BCUT2D eigenvalue weighted by molar-refractivity contribution is 0.0692. The highest BCUT2D eigenvalue weighted by molar-refractivity contribution is 8.49. The third-order valence-electron chi connectivity index (χ3n) is 4.89. The van der Waals surface area contributed by atoms with Crippen LogP contribution in [0.15, 0.2) is 65.6 Å². The summed E-state index contributed by atoms with van der Waals surface area (Å²) in [7, 11) is 0.713. The van der Waals surface area contributed by atoms with E-state index in [1.54, 1.807) is 17.4 Å². The SMILES string of the molecule is C1CC1.O=C(O)c1cc(-c2cc3c(cc2Cl)N(c2ccccc2)CCPS3)ccc1F. The van der Waals surface area contributed by atoms with Crippen LogP contribution in [0.3, 0.4) is 0 Å². The van der Waals surface area contributed by atoms with Gasteiger partial charge in [-0.05, 0) is 48.1 Å². The normalized spacial score (nSPS) is 15.5. The van der Waals surface area contributed by atoms with Crippen LogP contribution in [0.1, 0.15) is 29.6 Å². The third kappa shape index (κ3) is 5.41. The van der Waals surface area contributed by atoms with Crippen LogP contribution in [0.25, 0.3) is 11.1 Å². The number of carboxylic acids is 1. The van der Waals surface area contributed by atoms with Crippen molar-refractivity contribution in [3.05, 3.63) is 77.1 Å². The number of halogens is 2. The number of carboxylic acid groups (broad SMARTS) is 1. The van der Waals surface area contributed by atoms with E-state index in [9.17, 15) is 14.3 Å². The average molecular weight is 474 g/mol. The predicted octanol–water partition coefficient (Wildman–Crippen LogP) is 7.85. The van der Waals surface area contributed by atoms with Crippen molar-refractivity contribution < 1.29 is 14.3 Å². The number of fused-ring (bicyclic) bond motifs is 1. The standard InChI is InChI=1S/C21H16ClFNO2PS.C3H6/c22-17-12-19-20(28-27-9-8-24(19)14-4-2-1-3-5-14)11-15(17)13-6-7-18(23)16(10-13)21(25)26;1-2-3-1/h1-7,10-12,27H,8-9H2,(H,25,26);1-3H2.